The van der Waals surface area contributed by atoms with E-state index < -0.39 is 6.04 Å². The van der Waals surface area contributed by atoms with Crippen LogP contribution in [0.4, 0.5) is 0 Å². The Hall–Kier alpha value is -3.31. The number of benzene rings is 3. The highest BCUT2D eigenvalue weighted by Crippen LogP contribution is 2.21. The first kappa shape index (κ1) is 26.7. The van der Waals surface area contributed by atoms with E-state index in [0.717, 1.165) is 42.4 Å². The molecular formula is C31H35ClN2O3. The molecule has 3 aromatic rings. The zero-order chi connectivity index (χ0) is 26.0. The Balaban J connectivity index is 1.60. The van der Waals surface area contributed by atoms with Crippen LogP contribution in [0.15, 0.2) is 78.9 Å². The zero-order valence-corrected chi connectivity index (χ0v) is 22.1. The van der Waals surface area contributed by atoms with Gasteiger partial charge in [0.2, 0.25) is 5.91 Å². The molecule has 0 bridgehead atoms. The first-order valence-corrected chi connectivity index (χ1v) is 13.4. The Morgan fingerprint density at radius 3 is 2.38 bits per heavy atom. The van der Waals surface area contributed by atoms with Gasteiger partial charge in [-0.05, 0) is 60.7 Å². The summed E-state index contributed by atoms with van der Waals surface area (Å²) >= 11 is 6.11. The molecule has 1 aliphatic carbocycles. The van der Waals surface area contributed by atoms with Gasteiger partial charge in [0.25, 0.3) is 5.91 Å². The Kier molecular flexibility index (Phi) is 9.61. The van der Waals surface area contributed by atoms with Gasteiger partial charge in [0.15, 0.2) is 6.61 Å². The van der Waals surface area contributed by atoms with Crippen LogP contribution in [0, 0.1) is 6.92 Å². The first-order chi connectivity index (χ1) is 18.0. The van der Waals surface area contributed by atoms with Crippen molar-refractivity contribution in [1.29, 1.82) is 0 Å². The predicted molar refractivity (Wildman–Crippen MR) is 148 cm³/mol. The zero-order valence-electron chi connectivity index (χ0n) is 21.4. The molecule has 0 saturated heterocycles. The molecule has 1 N–H and O–H groups in total. The molecule has 5 nitrogen and oxygen atoms in total. The number of carbonyl (C=O) groups is 2. The molecule has 0 radical (unpaired) electrons. The molecule has 194 valence electrons. The molecule has 3 aromatic carbocycles. The van der Waals surface area contributed by atoms with Gasteiger partial charge in [0.05, 0.1) is 0 Å². The van der Waals surface area contributed by atoms with Crippen LogP contribution in [0.5, 0.6) is 5.75 Å². The van der Waals surface area contributed by atoms with Crippen molar-refractivity contribution in [2.75, 3.05) is 6.61 Å². The number of nitrogens with zero attached hydrogens (tertiary/aromatic N) is 1. The smallest absolute Gasteiger partial charge is 0.261 e. The van der Waals surface area contributed by atoms with E-state index in [9.17, 15) is 9.59 Å². The minimum atomic E-state index is -0.673. The van der Waals surface area contributed by atoms with Crippen LogP contribution in [0.2, 0.25) is 5.02 Å². The van der Waals surface area contributed by atoms with Gasteiger partial charge in [-0.1, -0.05) is 85.5 Å². The second kappa shape index (κ2) is 13.3. The highest BCUT2D eigenvalue weighted by atomic mass is 35.5. The lowest BCUT2D eigenvalue weighted by Crippen LogP contribution is -2.53. The predicted octanol–water partition coefficient (Wildman–Crippen LogP) is 6.12. The summed E-state index contributed by atoms with van der Waals surface area (Å²) in [5.41, 5.74) is 2.95. The SMILES string of the molecule is Cc1cccc(OCC(=O)N(Cc2ccc(Cl)cc2)[C@H](Cc2ccccc2)C(=O)NC2CCCCC2)c1. The molecule has 6 heteroatoms. The van der Waals surface area contributed by atoms with Crippen LogP contribution in [0.1, 0.15) is 48.8 Å². The molecule has 0 spiro atoms. The Morgan fingerprint density at radius 1 is 0.946 bits per heavy atom. The molecule has 1 atom stereocenters. The number of ether oxygens (including phenoxy) is 1. The van der Waals surface area contributed by atoms with Gasteiger partial charge < -0.3 is 15.0 Å². The van der Waals surface area contributed by atoms with Gasteiger partial charge in [0.1, 0.15) is 11.8 Å². The quantitative estimate of drug-likeness (QED) is 0.352. The molecule has 4 rings (SSSR count). The Morgan fingerprint density at radius 2 is 1.68 bits per heavy atom. The minimum Gasteiger partial charge on any atom is -0.484 e. The number of amides is 2. The molecule has 0 unspecified atom stereocenters. The molecule has 1 aliphatic rings. The summed E-state index contributed by atoms with van der Waals surface area (Å²) in [5.74, 6) is 0.274. The number of rotatable bonds is 10. The van der Waals surface area contributed by atoms with Crippen molar-refractivity contribution in [2.45, 2.75) is 64.1 Å². The van der Waals surface area contributed by atoms with E-state index in [1.165, 1.54) is 6.42 Å². The maximum Gasteiger partial charge on any atom is 0.261 e. The van der Waals surface area contributed by atoms with E-state index in [1.807, 2.05) is 73.7 Å². The van der Waals surface area contributed by atoms with E-state index >= 15 is 0 Å². The molecule has 2 amide bonds. The van der Waals surface area contributed by atoms with Gasteiger partial charge >= 0.3 is 0 Å². The van der Waals surface area contributed by atoms with E-state index in [0.29, 0.717) is 17.2 Å². The van der Waals surface area contributed by atoms with Gasteiger partial charge in [-0.15, -0.1) is 0 Å². The van der Waals surface area contributed by atoms with E-state index in [2.05, 4.69) is 5.32 Å². The highest BCUT2D eigenvalue weighted by molar-refractivity contribution is 6.30. The molecule has 0 aromatic heterocycles. The molecule has 1 saturated carbocycles. The number of halogens is 1. The van der Waals surface area contributed by atoms with Crippen LogP contribution >= 0.6 is 11.6 Å². The monoisotopic (exact) mass is 518 g/mol. The molecule has 0 heterocycles. The van der Waals surface area contributed by atoms with Crippen LogP contribution in [0.25, 0.3) is 0 Å². The molecule has 37 heavy (non-hydrogen) atoms. The van der Waals surface area contributed by atoms with Crippen molar-refractivity contribution >= 4 is 23.4 Å². The average molecular weight is 519 g/mol. The molecule has 0 aliphatic heterocycles. The summed E-state index contributed by atoms with van der Waals surface area (Å²) in [6, 6.07) is 24.3. The third-order valence-corrected chi connectivity index (χ3v) is 7.09. The molecular weight excluding hydrogens is 484 g/mol. The van der Waals surface area contributed by atoms with Crippen molar-refractivity contribution in [1.82, 2.24) is 10.2 Å². The van der Waals surface area contributed by atoms with Crippen molar-refractivity contribution < 1.29 is 14.3 Å². The number of hydrogen-bond donors (Lipinski definition) is 1. The lowest BCUT2D eigenvalue weighted by atomic mass is 9.94. The summed E-state index contributed by atoms with van der Waals surface area (Å²) in [4.78, 5) is 29.1. The van der Waals surface area contributed by atoms with E-state index in [-0.39, 0.29) is 31.0 Å². The molecule has 1 fully saturated rings. The number of nitrogens with one attached hydrogen (secondary N) is 1. The lowest BCUT2D eigenvalue weighted by Gasteiger charge is -2.33. The standard InChI is InChI=1S/C31H35ClN2O3/c1-23-9-8-14-28(19-23)37-22-30(35)34(21-25-15-17-26(32)18-16-25)29(20-24-10-4-2-5-11-24)31(36)33-27-12-6-3-7-13-27/h2,4-5,8-11,14-19,27,29H,3,6-7,12-13,20-22H2,1H3,(H,33,36)/t29-/m1/s1. The van der Waals surface area contributed by atoms with Crippen LogP contribution < -0.4 is 10.1 Å². The van der Waals surface area contributed by atoms with Crippen LogP contribution in [-0.4, -0.2) is 35.4 Å². The number of aryl methyl sites for hydroxylation is 1. The summed E-state index contributed by atoms with van der Waals surface area (Å²) in [6.07, 6.45) is 5.81. The normalized spacial score (nSPS) is 14.5. The lowest BCUT2D eigenvalue weighted by molar-refractivity contribution is -0.143. The van der Waals surface area contributed by atoms with Gasteiger partial charge in [-0.3, -0.25) is 9.59 Å². The van der Waals surface area contributed by atoms with E-state index in [1.54, 1.807) is 17.0 Å². The second-order valence-electron chi connectivity index (χ2n) is 9.80. The minimum absolute atomic E-state index is 0.117. The Bertz CT molecular complexity index is 1160. The summed E-state index contributed by atoms with van der Waals surface area (Å²) in [7, 11) is 0. The Labute approximate surface area is 224 Å². The van der Waals surface area contributed by atoms with E-state index in [4.69, 9.17) is 16.3 Å². The van der Waals surface area contributed by atoms with Crippen LogP contribution in [-0.2, 0) is 22.6 Å². The summed E-state index contributed by atoms with van der Waals surface area (Å²) in [6.45, 7) is 2.11. The fourth-order valence-corrected chi connectivity index (χ4v) is 4.94. The maximum atomic E-state index is 13.8. The topological polar surface area (TPSA) is 58.6 Å². The summed E-state index contributed by atoms with van der Waals surface area (Å²) in [5, 5.41) is 3.88. The number of hydrogen-bond acceptors (Lipinski definition) is 3. The van der Waals surface area contributed by atoms with Crippen molar-refractivity contribution in [3.05, 3.63) is 101 Å². The first-order valence-electron chi connectivity index (χ1n) is 13.1. The summed E-state index contributed by atoms with van der Waals surface area (Å²) < 4.78 is 5.87. The highest BCUT2D eigenvalue weighted by Gasteiger charge is 2.32. The van der Waals surface area contributed by atoms with Gasteiger partial charge in [0, 0.05) is 24.0 Å². The van der Waals surface area contributed by atoms with Gasteiger partial charge in [-0.25, -0.2) is 0 Å². The number of carbonyl (C=O) groups excluding carboxylic acids is 2. The van der Waals surface area contributed by atoms with Crippen LogP contribution in [0.3, 0.4) is 0 Å². The fraction of sp³-hybridized carbons (Fsp3) is 0.355. The fourth-order valence-electron chi connectivity index (χ4n) is 4.82. The maximum absolute atomic E-state index is 13.8. The third-order valence-electron chi connectivity index (χ3n) is 6.84. The van der Waals surface area contributed by atoms with Crippen molar-refractivity contribution in [2.24, 2.45) is 0 Å². The van der Waals surface area contributed by atoms with Crippen molar-refractivity contribution in [3.63, 3.8) is 0 Å². The van der Waals surface area contributed by atoms with Crippen molar-refractivity contribution in [3.8, 4) is 5.75 Å². The third kappa shape index (κ3) is 8.09. The van der Waals surface area contributed by atoms with Gasteiger partial charge in [-0.2, -0.15) is 0 Å². The second-order valence-corrected chi connectivity index (χ2v) is 10.2. The largest absolute Gasteiger partial charge is 0.484 e. The average Bonchev–Trinajstić information content (AvgIpc) is 2.91.